The lowest BCUT2D eigenvalue weighted by Gasteiger charge is -2.08. The van der Waals surface area contributed by atoms with Crippen molar-refractivity contribution in [3.8, 4) is 5.75 Å². The SMILES string of the molecule is COc1cccc(CNC(=O)NC2CC2c2ccccc2)c1. The van der Waals surface area contributed by atoms with Gasteiger partial charge in [-0.3, -0.25) is 0 Å². The number of hydrogen-bond acceptors (Lipinski definition) is 2. The topological polar surface area (TPSA) is 50.4 Å². The molecule has 2 amide bonds. The predicted octanol–water partition coefficient (Wildman–Crippen LogP) is 3.05. The van der Waals surface area contributed by atoms with E-state index in [2.05, 4.69) is 22.8 Å². The van der Waals surface area contributed by atoms with Crippen LogP contribution in [0.5, 0.6) is 5.75 Å². The molecule has 4 nitrogen and oxygen atoms in total. The summed E-state index contributed by atoms with van der Waals surface area (Å²) in [5, 5.41) is 5.91. The second kappa shape index (κ2) is 6.52. The zero-order chi connectivity index (χ0) is 15.4. The monoisotopic (exact) mass is 296 g/mol. The van der Waals surface area contributed by atoms with E-state index in [1.807, 2.05) is 42.5 Å². The maximum Gasteiger partial charge on any atom is 0.315 e. The van der Waals surface area contributed by atoms with Crippen molar-refractivity contribution in [3.63, 3.8) is 0 Å². The first-order valence-electron chi connectivity index (χ1n) is 7.48. The molecule has 0 saturated heterocycles. The van der Waals surface area contributed by atoms with Crippen molar-refractivity contribution < 1.29 is 9.53 Å². The lowest BCUT2D eigenvalue weighted by Crippen LogP contribution is -2.36. The number of nitrogens with one attached hydrogen (secondary N) is 2. The fourth-order valence-corrected chi connectivity index (χ4v) is 2.61. The van der Waals surface area contributed by atoms with E-state index < -0.39 is 0 Å². The van der Waals surface area contributed by atoms with Crippen LogP contribution in [0.3, 0.4) is 0 Å². The smallest absolute Gasteiger partial charge is 0.315 e. The lowest BCUT2D eigenvalue weighted by molar-refractivity contribution is 0.240. The first kappa shape index (κ1) is 14.4. The van der Waals surface area contributed by atoms with Crippen LogP contribution >= 0.6 is 0 Å². The lowest BCUT2D eigenvalue weighted by atomic mass is 10.1. The first-order valence-corrected chi connectivity index (χ1v) is 7.48. The van der Waals surface area contributed by atoms with Crippen LogP contribution in [0, 0.1) is 0 Å². The molecule has 0 heterocycles. The van der Waals surface area contributed by atoms with E-state index >= 15 is 0 Å². The van der Waals surface area contributed by atoms with Gasteiger partial charge >= 0.3 is 6.03 Å². The number of benzene rings is 2. The van der Waals surface area contributed by atoms with Gasteiger partial charge in [0.05, 0.1) is 7.11 Å². The molecule has 1 aliphatic rings. The van der Waals surface area contributed by atoms with Gasteiger partial charge in [0.2, 0.25) is 0 Å². The number of rotatable bonds is 5. The van der Waals surface area contributed by atoms with Crippen LogP contribution in [-0.4, -0.2) is 19.2 Å². The molecule has 2 atom stereocenters. The van der Waals surface area contributed by atoms with Crippen molar-refractivity contribution in [2.24, 2.45) is 0 Å². The zero-order valence-electron chi connectivity index (χ0n) is 12.6. The number of carbonyl (C=O) groups is 1. The van der Waals surface area contributed by atoms with E-state index in [1.165, 1.54) is 5.56 Å². The highest BCUT2D eigenvalue weighted by Crippen LogP contribution is 2.40. The van der Waals surface area contributed by atoms with Gasteiger partial charge in [-0.25, -0.2) is 4.79 Å². The Kier molecular flexibility index (Phi) is 4.28. The van der Waals surface area contributed by atoms with Gasteiger partial charge < -0.3 is 15.4 Å². The van der Waals surface area contributed by atoms with E-state index in [9.17, 15) is 4.79 Å². The van der Waals surface area contributed by atoms with Gasteiger partial charge in [-0.15, -0.1) is 0 Å². The summed E-state index contributed by atoms with van der Waals surface area (Å²) in [7, 11) is 1.63. The fourth-order valence-electron chi connectivity index (χ4n) is 2.61. The van der Waals surface area contributed by atoms with Crippen LogP contribution in [0.4, 0.5) is 4.79 Å². The highest BCUT2D eigenvalue weighted by molar-refractivity contribution is 5.75. The molecule has 0 aliphatic heterocycles. The van der Waals surface area contributed by atoms with Crippen LogP contribution in [0.1, 0.15) is 23.5 Å². The molecular formula is C18H20N2O2. The Labute approximate surface area is 130 Å². The van der Waals surface area contributed by atoms with Crippen molar-refractivity contribution in [2.75, 3.05) is 7.11 Å². The molecular weight excluding hydrogens is 276 g/mol. The molecule has 2 unspecified atom stereocenters. The van der Waals surface area contributed by atoms with Gasteiger partial charge in [0.25, 0.3) is 0 Å². The molecule has 0 radical (unpaired) electrons. The Hall–Kier alpha value is -2.49. The van der Waals surface area contributed by atoms with Gasteiger partial charge in [-0.05, 0) is 29.7 Å². The Bertz CT molecular complexity index is 643. The normalized spacial score (nSPS) is 19.3. The molecule has 1 aliphatic carbocycles. The Balaban J connectivity index is 1.46. The molecule has 0 spiro atoms. The number of hydrogen-bond donors (Lipinski definition) is 2. The van der Waals surface area contributed by atoms with Gasteiger partial charge in [0, 0.05) is 18.5 Å². The van der Waals surface area contributed by atoms with Crippen molar-refractivity contribution in [2.45, 2.75) is 24.9 Å². The van der Waals surface area contributed by atoms with Crippen LogP contribution < -0.4 is 15.4 Å². The molecule has 2 aromatic rings. The van der Waals surface area contributed by atoms with Crippen molar-refractivity contribution in [1.29, 1.82) is 0 Å². The molecule has 22 heavy (non-hydrogen) atoms. The average molecular weight is 296 g/mol. The van der Waals surface area contributed by atoms with Gasteiger partial charge in [-0.2, -0.15) is 0 Å². The van der Waals surface area contributed by atoms with E-state index in [1.54, 1.807) is 7.11 Å². The Morgan fingerprint density at radius 2 is 2.00 bits per heavy atom. The molecule has 4 heteroatoms. The van der Waals surface area contributed by atoms with Crippen LogP contribution in [0.2, 0.25) is 0 Å². The molecule has 2 N–H and O–H groups in total. The summed E-state index contributed by atoms with van der Waals surface area (Å²) in [5.41, 5.74) is 2.31. The van der Waals surface area contributed by atoms with Gasteiger partial charge in [-0.1, -0.05) is 42.5 Å². The summed E-state index contributed by atoms with van der Waals surface area (Å²) in [6, 6.07) is 18.1. The molecule has 1 fully saturated rings. The van der Waals surface area contributed by atoms with Crippen LogP contribution in [0.25, 0.3) is 0 Å². The molecule has 2 aromatic carbocycles. The van der Waals surface area contributed by atoms with E-state index in [-0.39, 0.29) is 12.1 Å². The number of ether oxygens (including phenoxy) is 1. The third-order valence-corrected chi connectivity index (χ3v) is 3.92. The minimum absolute atomic E-state index is 0.119. The van der Waals surface area contributed by atoms with Crippen molar-refractivity contribution >= 4 is 6.03 Å². The second-order valence-electron chi connectivity index (χ2n) is 5.54. The molecule has 114 valence electrons. The van der Waals surface area contributed by atoms with Crippen LogP contribution in [0.15, 0.2) is 54.6 Å². The number of methoxy groups -OCH3 is 1. The Morgan fingerprint density at radius 1 is 1.18 bits per heavy atom. The average Bonchev–Trinajstić information content (AvgIpc) is 3.33. The van der Waals surface area contributed by atoms with Crippen molar-refractivity contribution in [1.82, 2.24) is 10.6 Å². The number of amides is 2. The third-order valence-electron chi connectivity index (χ3n) is 3.92. The van der Waals surface area contributed by atoms with Crippen molar-refractivity contribution in [3.05, 3.63) is 65.7 Å². The molecule has 0 aromatic heterocycles. The quantitative estimate of drug-likeness (QED) is 0.891. The maximum absolute atomic E-state index is 11.9. The molecule has 3 rings (SSSR count). The molecule has 1 saturated carbocycles. The second-order valence-corrected chi connectivity index (χ2v) is 5.54. The van der Waals surface area contributed by atoms with Crippen LogP contribution in [-0.2, 0) is 6.54 Å². The minimum atomic E-state index is -0.119. The summed E-state index contributed by atoms with van der Waals surface area (Å²) in [6.45, 7) is 0.492. The summed E-state index contributed by atoms with van der Waals surface area (Å²) in [5.74, 6) is 1.25. The standard InChI is InChI=1S/C18H20N2O2/c1-22-15-9-5-6-13(10-15)12-19-18(21)20-17-11-16(17)14-7-3-2-4-8-14/h2-10,16-17H,11-12H2,1H3,(H2,19,20,21). The number of carbonyl (C=O) groups excluding carboxylic acids is 1. The summed E-state index contributed by atoms with van der Waals surface area (Å²) >= 11 is 0. The highest BCUT2D eigenvalue weighted by atomic mass is 16.5. The van der Waals surface area contributed by atoms with E-state index in [0.717, 1.165) is 17.7 Å². The van der Waals surface area contributed by atoms with Gasteiger partial charge in [0.15, 0.2) is 0 Å². The fraction of sp³-hybridized carbons (Fsp3) is 0.278. The summed E-state index contributed by atoms with van der Waals surface area (Å²) < 4.78 is 5.17. The third kappa shape index (κ3) is 3.58. The predicted molar refractivity (Wildman–Crippen MR) is 86.0 cm³/mol. The molecule has 0 bridgehead atoms. The minimum Gasteiger partial charge on any atom is -0.497 e. The van der Waals surface area contributed by atoms with Gasteiger partial charge in [0.1, 0.15) is 5.75 Å². The summed E-state index contributed by atoms with van der Waals surface area (Å²) in [4.78, 5) is 11.9. The largest absolute Gasteiger partial charge is 0.497 e. The Morgan fingerprint density at radius 3 is 2.77 bits per heavy atom. The number of urea groups is 1. The highest BCUT2D eigenvalue weighted by Gasteiger charge is 2.39. The van der Waals surface area contributed by atoms with E-state index in [4.69, 9.17) is 4.74 Å². The maximum atomic E-state index is 11.9. The summed E-state index contributed by atoms with van der Waals surface area (Å²) in [6.07, 6.45) is 1.01. The zero-order valence-corrected chi connectivity index (χ0v) is 12.6. The van der Waals surface area contributed by atoms with E-state index in [0.29, 0.717) is 12.5 Å². The first-order chi connectivity index (χ1) is 10.8.